The molecule has 0 spiro atoms. The summed E-state index contributed by atoms with van der Waals surface area (Å²) in [7, 11) is 1.29. The summed E-state index contributed by atoms with van der Waals surface area (Å²) in [6, 6.07) is 28.5. The van der Waals surface area contributed by atoms with Crippen molar-refractivity contribution in [3.05, 3.63) is 121 Å². The van der Waals surface area contributed by atoms with Crippen LogP contribution in [0.15, 0.2) is 103 Å². The van der Waals surface area contributed by atoms with Crippen LogP contribution in [0.4, 0.5) is 9.59 Å². The number of nitrogens with one attached hydrogen (secondary N) is 4. The van der Waals surface area contributed by atoms with Gasteiger partial charge in [0, 0.05) is 25.1 Å². The first-order valence-corrected chi connectivity index (χ1v) is 20.8. The van der Waals surface area contributed by atoms with Crippen LogP contribution in [-0.2, 0) is 20.7 Å². The van der Waals surface area contributed by atoms with Gasteiger partial charge in [0.15, 0.2) is 0 Å². The molecule has 0 aliphatic carbocycles. The first kappa shape index (κ1) is 40.8. The molecule has 8 rings (SSSR count). The molecule has 2 aliphatic rings. The molecular weight excluding hydrogens is 773 g/mol. The molecule has 2 fully saturated rings. The van der Waals surface area contributed by atoms with E-state index in [0.29, 0.717) is 31.2 Å². The number of ether oxygens (including phenoxy) is 1. The van der Waals surface area contributed by atoms with Gasteiger partial charge >= 0.3 is 12.2 Å². The second kappa shape index (κ2) is 17.7. The maximum absolute atomic E-state index is 13.9. The predicted octanol–water partition coefficient (Wildman–Crippen LogP) is 7.87. The van der Waals surface area contributed by atoms with E-state index in [4.69, 9.17) is 9.72 Å². The number of benzene rings is 4. The summed E-state index contributed by atoms with van der Waals surface area (Å²) >= 11 is 0. The maximum atomic E-state index is 13.9. The minimum absolute atomic E-state index is 0.170. The first-order chi connectivity index (χ1) is 29.6. The quantitative estimate of drug-likeness (QED) is 0.0825. The molecule has 4 atom stereocenters. The van der Waals surface area contributed by atoms with Crippen LogP contribution < -0.4 is 10.6 Å². The van der Waals surface area contributed by atoms with E-state index >= 15 is 0 Å². The number of carboxylic acid groups (broad SMARTS) is 1. The van der Waals surface area contributed by atoms with Crippen LogP contribution in [0.25, 0.3) is 44.4 Å². The molecule has 4 unspecified atom stereocenters. The number of aromatic nitrogens is 4. The lowest BCUT2D eigenvalue weighted by Crippen LogP contribution is -2.50. The molecule has 2 saturated heterocycles. The summed E-state index contributed by atoms with van der Waals surface area (Å²) in [5.41, 5.74) is 6.72. The van der Waals surface area contributed by atoms with Crippen LogP contribution in [0, 0.1) is 5.92 Å². The van der Waals surface area contributed by atoms with Crippen LogP contribution in [0.2, 0.25) is 0 Å². The fourth-order valence-corrected chi connectivity index (χ4v) is 8.65. The lowest BCUT2D eigenvalue weighted by molar-refractivity contribution is -0.135. The van der Waals surface area contributed by atoms with Gasteiger partial charge in [-0.15, -0.1) is 0 Å². The zero-order valence-corrected chi connectivity index (χ0v) is 34.4. The Morgan fingerprint density at radius 1 is 0.721 bits per heavy atom. The average molecular weight is 823 g/mol. The van der Waals surface area contributed by atoms with E-state index in [1.165, 1.54) is 7.11 Å². The van der Waals surface area contributed by atoms with Crippen molar-refractivity contribution in [3.63, 3.8) is 0 Å². The maximum Gasteiger partial charge on any atom is 0.407 e. The first-order valence-electron chi connectivity index (χ1n) is 20.8. The molecular formula is C47H50N8O6. The number of fused-ring (bicyclic) bond motifs is 1. The van der Waals surface area contributed by atoms with Gasteiger partial charge in [0.05, 0.1) is 43.0 Å². The Kier molecular flexibility index (Phi) is 11.9. The normalized spacial score (nSPS) is 17.4. The Hall–Kier alpha value is -6.96. The van der Waals surface area contributed by atoms with Gasteiger partial charge in [0.2, 0.25) is 11.8 Å². The molecule has 2 aliphatic heterocycles. The summed E-state index contributed by atoms with van der Waals surface area (Å²) in [6.07, 6.45) is 5.24. The zero-order chi connectivity index (χ0) is 42.6. The molecule has 4 heterocycles. The molecule has 14 nitrogen and oxygen atoms in total. The lowest BCUT2D eigenvalue weighted by atomic mass is 9.98. The van der Waals surface area contributed by atoms with Gasteiger partial charge in [-0.3, -0.25) is 9.59 Å². The third-order valence-electron chi connectivity index (χ3n) is 11.8. The summed E-state index contributed by atoms with van der Waals surface area (Å²) < 4.78 is 4.85. The average Bonchev–Trinajstić information content (AvgIpc) is 4.12. The number of imidazole rings is 2. The van der Waals surface area contributed by atoms with Crippen LogP contribution in [0.3, 0.4) is 0 Å². The van der Waals surface area contributed by atoms with Crippen molar-refractivity contribution < 1.29 is 29.0 Å². The van der Waals surface area contributed by atoms with Crippen LogP contribution in [0.5, 0.6) is 0 Å². The Balaban J connectivity index is 0.938. The molecule has 0 saturated carbocycles. The van der Waals surface area contributed by atoms with Crippen LogP contribution in [-0.4, -0.2) is 91.1 Å². The van der Waals surface area contributed by atoms with E-state index in [9.17, 15) is 24.3 Å². The molecule has 2 aromatic heterocycles. The number of hydrogen-bond donors (Lipinski definition) is 5. The number of carbonyl (C=O) groups is 4. The molecule has 314 valence electrons. The smallest absolute Gasteiger partial charge is 0.407 e. The Labute approximate surface area is 353 Å². The highest BCUT2D eigenvalue weighted by atomic mass is 16.5. The molecule has 0 bridgehead atoms. The number of aromatic amines is 2. The van der Waals surface area contributed by atoms with E-state index in [0.717, 1.165) is 75.7 Å². The number of methoxy groups -OCH3 is 1. The fraction of sp³-hybridized carbons (Fsp3) is 0.319. The third-order valence-corrected chi connectivity index (χ3v) is 11.8. The third kappa shape index (κ3) is 8.84. The Morgan fingerprint density at radius 2 is 1.26 bits per heavy atom. The van der Waals surface area contributed by atoms with E-state index in [1.54, 1.807) is 17.3 Å². The van der Waals surface area contributed by atoms with Crippen molar-refractivity contribution in [2.45, 2.75) is 70.1 Å². The lowest BCUT2D eigenvalue weighted by Gasteiger charge is -2.29. The van der Waals surface area contributed by atoms with Gasteiger partial charge in [0.1, 0.15) is 23.7 Å². The Bertz CT molecular complexity index is 2530. The highest BCUT2D eigenvalue weighted by molar-refractivity contribution is 5.91. The molecule has 61 heavy (non-hydrogen) atoms. The van der Waals surface area contributed by atoms with Gasteiger partial charge < -0.3 is 40.2 Å². The summed E-state index contributed by atoms with van der Waals surface area (Å²) in [5.74, 6) is 0.813. The molecule has 5 N–H and O–H groups in total. The fourth-order valence-electron chi connectivity index (χ4n) is 8.65. The standard InChI is InChI=1S/C47H50N8O6/c1-28(2)41(53-46(58)59)45(57)55-22-8-12-40(55)43-49-27-38(51-43)35-20-19-33-24-32(17-18-34(33)25-35)30-13-15-31(16-14-30)37-26-48-42(50-37)39-11-7-21-54(39)44(56)36(52-47(60)61-3)23-29-9-5-4-6-10-29/h4-6,9-10,13-20,24-28,36,39-41,53H,7-8,11-12,21-23H2,1-3H3,(H,48,50)(H,49,51)(H,52,60)(H,58,59). The number of amides is 4. The highest BCUT2D eigenvalue weighted by Crippen LogP contribution is 2.35. The number of H-pyrrole nitrogens is 2. The predicted molar refractivity (Wildman–Crippen MR) is 231 cm³/mol. The van der Waals surface area contributed by atoms with Crippen molar-refractivity contribution in [2.75, 3.05) is 20.2 Å². The number of rotatable bonds is 12. The largest absolute Gasteiger partial charge is 0.465 e. The number of nitrogens with zero attached hydrogens (tertiary/aromatic N) is 4. The second-order valence-corrected chi connectivity index (χ2v) is 16.1. The minimum atomic E-state index is -1.21. The van der Waals surface area contributed by atoms with Gasteiger partial charge in [-0.25, -0.2) is 19.6 Å². The number of carbonyl (C=O) groups excluding carboxylic acids is 3. The van der Waals surface area contributed by atoms with Crippen molar-refractivity contribution >= 4 is 34.8 Å². The molecule has 14 heteroatoms. The summed E-state index contributed by atoms with van der Waals surface area (Å²) in [5, 5.41) is 16.6. The van der Waals surface area contributed by atoms with Crippen molar-refractivity contribution in [1.29, 1.82) is 0 Å². The van der Waals surface area contributed by atoms with E-state index in [1.807, 2.05) is 49.1 Å². The summed E-state index contributed by atoms with van der Waals surface area (Å²) in [6.45, 7) is 4.79. The zero-order valence-electron chi connectivity index (χ0n) is 34.4. The SMILES string of the molecule is COC(=O)NC(Cc1ccccc1)C(=O)N1CCCC1c1ncc(-c2ccc(-c3ccc4cc(-c5cnc(C6CCCN6C(=O)C(NC(=O)O)C(C)C)[nH]5)ccc4c3)cc2)[nH]1. The molecule has 4 aromatic carbocycles. The van der Waals surface area contributed by atoms with Crippen LogP contribution >= 0.6 is 0 Å². The summed E-state index contributed by atoms with van der Waals surface area (Å²) in [4.78, 5) is 70.9. The van der Waals surface area contributed by atoms with Crippen molar-refractivity contribution in [2.24, 2.45) is 5.92 Å². The van der Waals surface area contributed by atoms with Gasteiger partial charge in [-0.1, -0.05) is 92.7 Å². The molecule has 6 aromatic rings. The number of likely N-dealkylation sites (tertiary alicyclic amines) is 2. The minimum Gasteiger partial charge on any atom is -0.465 e. The van der Waals surface area contributed by atoms with Crippen molar-refractivity contribution in [1.82, 2.24) is 40.4 Å². The molecule has 0 radical (unpaired) electrons. The Morgan fingerprint density at radius 3 is 1.85 bits per heavy atom. The van der Waals surface area contributed by atoms with Crippen molar-refractivity contribution in [3.8, 4) is 33.6 Å². The van der Waals surface area contributed by atoms with Gasteiger partial charge in [0.25, 0.3) is 0 Å². The van der Waals surface area contributed by atoms with E-state index in [-0.39, 0.29) is 29.8 Å². The van der Waals surface area contributed by atoms with Crippen LogP contribution in [0.1, 0.15) is 68.8 Å². The highest BCUT2D eigenvalue weighted by Gasteiger charge is 2.38. The second-order valence-electron chi connectivity index (χ2n) is 16.1. The monoisotopic (exact) mass is 822 g/mol. The number of alkyl carbamates (subject to hydrolysis) is 1. The van der Waals surface area contributed by atoms with Gasteiger partial charge in [-0.2, -0.15) is 0 Å². The van der Waals surface area contributed by atoms with Gasteiger partial charge in [-0.05, 0) is 76.8 Å². The van der Waals surface area contributed by atoms with E-state index < -0.39 is 24.3 Å². The van der Waals surface area contributed by atoms with E-state index in [2.05, 4.69) is 86.2 Å². The number of hydrogen-bond acceptors (Lipinski definition) is 7. The molecule has 4 amide bonds. The topological polar surface area (TPSA) is 186 Å².